The molecule has 23 heavy (non-hydrogen) atoms. The number of halogens is 1. The SMILES string of the molecule is Cc1nn(-c2ccc(Cl)cc2)cc1C(=O)N(CC(C)O)C(C)C. The maximum atomic E-state index is 12.8. The van der Waals surface area contributed by atoms with Gasteiger partial charge in [-0.05, 0) is 52.0 Å². The molecule has 1 aromatic heterocycles. The summed E-state index contributed by atoms with van der Waals surface area (Å²) in [5.41, 5.74) is 2.03. The standard InChI is InChI=1S/C17H22ClN3O2/c1-11(2)20(9-12(3)22)17(23)16-10-21(19-13(16)4)15-7-5-14(18)6-8-15/h5-8,10-12,22H,9H2,1-4H3. The Morgan fingerprint density at radius 2 is 1.91 bits per heavy atom. The van der Waals surface area contributed by atoms with Crippen molar-refractivity contribution in [3.63, 3.8) is 0 Å². The van der Waals surface area contributed by atoms with Gasteiger partial charge in [-0.2, -0.15) is 5.10 Å². The van der Waals surface area contributed by atoms with Crippen LogP contribution in [0.25, 0.3) is 5.69 Å². The number of aryl methyl sites for hydroxylation is 1. The monoisotopic (exact) mass is 335 g/mol. The average Bonchev–Trinajstić information content (AvgIpc) is 2.86. The summed E-state index contributed by atoms with van der Waals surface area (Å²) in [7, 11) is 0. The molecular weight excluding hydrogens is 314 g/mol. The Bertz CT molecular complexity index is 678. The summed E-state index contributed by atoms with van der Waals surface area (Å²) >= 11 is 5.90. The highest BCUT2D eigenvalue weighted by Gasteiger charge is 2.23. The van der Waals surface area contributed by atoms with Gasteiger partial charge >= 0.3 is 0 Å². The van der Waals surface area contributed by atoms with Gasteiger partial charge in [0.1, 0.15) is 0 Å². The van der Waals surface area contributed by atoms with Crippen molar-refractivity contribution in [2.75, 3.05) is 6.54 Å². The molecule has 0 radical (unpaired) electrons. The van der Waals surface area contributed by atoms with Gasteiger partial charge in [0, 0.05) is 23.8 Å². The number of hydrogen-bond donors (Lipinski definition) is 1. The van der Waals surface area contributed by atoms with E-state index in [1.165, 1.54) is 0 Å². The van der Waals surface area contributed by atoms with E-state index < -0.39 is 6.10 Å². The fourth-order valence-corrected chi connectivity index (χ4v) is 2.49. The van der Waals surface area contributed by atoms with E-state index in [2.05, 4.69) is 5.10 Å². The van der Waals surface area contributed by atoms with Gasteiger partial charge in [0.2, 0.25) is 0 Å². The molecule has 0 saturated carbocycles. The number of benzene rings is 1. The van der Waals surface area contributed by atoms with Gasteiger partial charge in [-0.3, -0.25) is 4.79 Å². The number of aliphatic hydroxyl groups excluding tert-OH is 1. The summed E-state index contributed by atoms with van der Waals surface area (Å²) in [6, 6.07) is 7.25. The number of aromatic nitrogens is 2. The van der Waals surface area contributed by atoms with E-state index in [1.54, 1.807) is 41.8 Å². The highest BCUT2D eigenvalue weighted by Crippen LogP contribution is 2.17. The molecule has 2 aromatic rings. The number of amides is 1. The van der Waals surface area contributed by atoms with E-state index in [4.69, 9.17) is 11.6 Å². The molecule has 0 aliphatic rings. The maximum absolute atomic E-state index is 12.8. The highest BCUT2D eigenvalue weighted by molar-refractivity contribution is 6.30. The molecule has 124 valence electrons. The van der Waals surface area contributed by atoms with Crippen LogP contribution >= 0.6 is 11.6 Å². The predicted octanol–water partition coefficient (Wildman–Crippen LogP) is 3.07. The Morgan fingerprint density at radius 1 is 1.30 bits per heavy atom. The van der Waals surface area contributed by atoms with Crippen molar-refractivity contribution in [3.05, 3.63) is 46.7 Å². The molecule has 1 amide bonds. The molecule has 6 heteroatoms. The van der Waals surface area contributed by atoms with Crippen molar-refractivity contribution in [1.29, 1.82) is 0 Å². The minimum absolute atomic E-state index is 0.00428. The number of carbonyl (C=O) groups excluding carboxylic acids is 1. The minimum Gasteiger partial charge on any atom is -0.392 e. The van der Waals surface area contributed by atoms with Crippen LogP contribution in [-0.4, -0.2) is 44.4 Å². The summed E-state index contributed by atoms with van der Waals surface area (Å²) in [6.07, 6.45) is 1.14. The van der Waals surface area contributed by atoms with Crippen molar-refractivity contribution in [2.45, 2.75) is 39.8 Å². The Kier molecular flexibility index (Phi) is 5.44. The summed E-state index contributed by atoms with van der Waals surface area (Å²) in [5, 5.41) is 14.7. The molecule has 0 saturated heterocycles. The van der Waals surface area contributed by atoms with Crippen LogP contribution in [0.15, 0.2) is 30.5 Å². The van der Waals surface area contributed by atoms with Crippen LogP contribution in [0.2, 0.25) is 5.02 Å². The molecule has 0 spiro atoms. The van der Waals surface area contributed by atoms with E-state index in [1.807, 2.05) is 26.0 Å². The van der Waals surface area contributed by atoms with Crippen molar-refractivity contribution >= 4 is 17.5 Å². The largest absolute Gasteiger partial charge is 0.392 e. The van der Waals surface area contributed by atoms with Crippen molar-refractivity contribution in [2.24, 2.45) is 0 Å². The van der Waals surface area contributed by atoms with E-state index in [-0.39, 0.29) is 11.9 Å². The van der Waals surface area contributed by atoms with E-state index in [9.17, 15) is 9.90 Å². The zero-order valence-electron chi connectivity index (χ0n) is 13.8. The van der Waals surface area contributed by atoms with Gasteiger partial charge in [0.05, 0.1) is 23.0 Å². The third kappa shape index (κ3) is 4.12. The van der Waals surface area contributed by atoms with Crippen molar-refractivity contribution in [3.8, 4) is 5.69 Å². The molecule has 1 N–H and O–H groups in total. The van der Waals surface area contributed by atoms with Crippen LogP contribution in [0, 0.1) is 6.92 Å². The smallest absolute Gasteiger partial charge is 0.257 e. The molecule has 1 heterocycles. The van der Waals surface area contributed by atoms with Crippen LogP contribution in [0.3, 0.4) is 0 Å². The molecule has 1 aromatic carbocycles. The third-order valence-corrected chi connectivity index (χ3v) is 3.82. The number of nitrogens with zero attached hydrogens (tertiary/aromatic N) is 3. The molecule has 0 bridgehead atoms. The van der Waals surface area contributed by atoms with Crippen LogP contribution in [0.4, 0.5) is 0 Å². The summed E-state index contributed by atoms with van der Waals surface area (Å²) in [5.74, 6) is -0.126. The van der Waals surface area contributed by atoms with Crippen LogP contribution in [0.1, 0.15) is 36.8 Å². The van der Waals surface area contributed by atoms with Crippen molar-refractivity contribution in [1.82, 2.24) is 14.7 Å². The lowest BCUT2D eigenvalue weighted by molar-refractivity contribution is 0.0578. The fourth-order valence-electron chi connectivity index (χ4n) is 2.36. The second-order valence-corrected chi connectivity index (χ2v) is 6.39. The average molecular weight is 336 g/mol. The lowest BCUT2D eigenvalue weighted by Gasteiger charge is -2.27. The number of carbonyl (C=O) groups is 1. The second-order valence-electron chi connectivity index (χ2n) is 5.95. The Balaban J connectivity index is 2.32. The Morgan fingerprint density at radius 3 is 2.43 bits per heavy atom. The van der Waals surface area contributed by atoms with Crippen LogP contribution in [0.5, 0.6) is 0 Å². The first kappa shape index (κ1) is 17.5. The molecular formula is C17H22ClN3O2. The molecule has 0 fully saturated rings. The van der Waals surface area contributed by atoms with Gasteiger partial charge in [0.15, 0.2) is 0 Å². The van der Waals surface area contributed by atoms with Crippen LogP contribution in [-0.2, 0) is 0 Å². The topological polar surface area (TPSA) is 58.4 Å². The van der Waals surface area contributed by atoms with Gasteiger partial charge in [-0.25, -0.2) is 4.68 Å². The van der Waals surface area contributed by atoms with Gasteiger partial charge in [0.25, 0.3) is 5.91 Å². The summed E-state index contributed by atoms with van der Waals surface area (Å²) in [6.45, 7) is 7.63. The minimum atomic E-state index is -0.576. The number of hydrogen-bond acceptors (Lipinski definition) is 3. The van der Waals surface area contributed by atoms with E-state index in [0.29, 0.717) is 22.8 Å². The highest BCUT2D eigenvalue weighted by atomic mass is 35.5. The quantitative estimate of drug-likeness (QED) is 0.913. The maximum Gasteiger partial charge on any atom is 0.257 e. The van der Waals surface area contributed by atoms with E-state index in [0.717, 1.165) is 5.69 Å². The van der Waals surface area contributed by atoms with E-state index >= 15 is 0 Å². The zero-order valence-corrected chi connectivity index (χ0v) is 14.6. The first-order valence-electron chi connectivity index (χ1n) is 7.61. The zero-order chi connectivity index (χ0) is 17.1. The lowest BCUT2D eigenvalue weighted by Crippen LogP contribution is -2.41. The lowest BCUT2D eigenvalue weighted by atomic mass is 10.2. The van der Waals surface area contributed by atoms with Gasteiger partial charge < -0.3 is 10.0 Å². The number of aliphatic hydroxyl groups is 1. The van der Waals surface area contributed by atoms with Crippen molar-refractivity contribution < 1.29 is 9.90 Å². The molecule has 5 nitrogen and oxygen atoms in total. The predicted molar refractivity (Wildman–Crippen MR) is 91.2 cm³/mol. The molecule has 1 atom stereocenters. The molecule has 1 unspecified atom stereocenters. The van der Waals surface area contributed by atoms with Crippen LogP contribution < -0.4 is 0 Å². The Labute approximate surface area is 141 Å². The normalized spacial score (nSPS) is 12.5. The summed E-state index contributed by atoms with van der Waals surface area (Å²) < 4.78 is 1.67. The second kappa shape index (κ2) is 7.15. The fraction of sp³-hybridized carbons (Fsp3) is 0.412. The first-order chi connectivity index (χ1) is 10.8. The Hall–Kier alpha value is -1.85. The molecule has 2 rings (SSSR count). The first-order valence-corrected chi connectivity index (χ1v) is 7.98. The third-order valence-electron chi connectivity index (χ3n) is 3.57. The molecule has 0 aliphatic heterocycles. The van der Waals surface area contributed by atoms with Gasteiger partial charge in [-0.15, -0.1) is 0 Å². The molecule has 0 aliphatic carbocycles. The number of rotatable bonds is 5. The summed E-state index contributed by atoms with van der Waals surface area (Å²) in [4.78, 5) is 14.4. The van der Waals surface area contributed by atoms with Gasteiger partial charge in [-0.1, -0.05) is 11.6 Å².